The van der Waals surface area contributed by atoms with E-state index in [0.717, 1.165) is 0 Å². The van der Waals surface area contributed by atoms with Crippen molar-refractivity contribution in [2.45, 2.75) is 19.4 Å². The van der Waals surface area contributed by atoms with Crippen molar-refractivity contribution in [1.29, 1.82) is 0 Å². The molecule has 3 aromatic rings. The van der Waals surface area contributed by atoms with E-state index in [1.165, 1.54) is 6.07 Å². The van der Waals surface area contributed by atoms with Crippen LogP contribution >= 0.6 is 0 Å². The van der Waals surface area contributed by atoms with Gasteiger partial charge in [0.15, 0.2) is 5.60 Å². The average Bonchev–Trinajstić information content (AvgIpc) is 2.46. The Kier molecular flexibility index (Phi) is 3.07. The van der Waals surface area contributed by atoms with Crippen LogP contribution in [0, 0.1) is 12.3 Å². The number of terminal acetylenes is 1. The molecule has 1 N–H and O–H groups in total. The molecule has 2 aromatic carbocycles. The molecule has 3 rings (SSSR count). The second-order valence-corrected chi connectivity index (χ2v) is 5.50. The van der Waals surface area contributed by atoms with Crippen LogP contribution in [0.1, 0.15) is 13.8 Å². The minimum absolute atomic E-state index is 0.0954. The minimum atomic E-state index is -0.761. The van der Waals surface area contributed by atoms with Crippen molar-refractivity contribution in [3.8, 4) is 23.8 Å². The Morgan fingerprint density at radius 3 is 2.73 bits per heavy atom. The van der Waals surface area contributed by atoms with Crippen molar-refractivity contribution in [1.82, 2.24) is 0 Å². The molecule has 0 aliphatic carbocycles. The summed E-state index contributed by atoms with van der Waals surface area (Å²) >= 11 is 0. The van der Waals surface area contributed by atoms with Crippen LogP contribution in [0.5, 0.6) is 11.5 Å². The van der Waals surface area contributed by atoms with Gasteiger partial charge in [-0.1, -0.05) is 12.0 Å². The number of rotatable bonds is 2. The highest BCUT2D eigenvalue weighted by Crippen LogP contribution is 2.28. The van der Waals surface area contributed by atoms with Gasteiger partial charge >= 0.3 is 0 Å². The summed E-state index contributed by atoms with van der Waals surface area (Å²) in [6, 6.07) is 9.60. The molecule has 0 fully saturated rings. The molecule has 0 amide bonds. The van der Waals surface area contributed by atoms with Crippen molar-refractivity contribution >= 4 is 21.9 Å². The van der Waals surface area contributed by atoms with Crippen molar-refractivity contribution in [2.24, 2.45) is 0 Å². The Balaban J connectivity index is 2.24. The molecule has 0 bridgehead atoms. The van der Waals surface area contributed by atoms with Gasteiger partial charge in [-0.25, -0.2) is 0 Å². The Morgan fingerprint density at radius 2 is 2.00 bits per heavy atom. The summed E-state index contributed by atoms with van der Waals surface area (Å²) in [4.78, 5) is 12.5. The average molecular weight is 294 g/mol. The molecule has 0 unspecified atom stereocenters. The smallest absolute Gasteiger partial charge is 0.204 e. The molecular formula is C18H14O4. The van der Waals surface area contributed by atoms with Gasteiger partial charge in [0.25, 0.3) is 0 Å². The first-order valence-electron chi connectivity index (χ1n) is 6.76. The predicted molar refractivity (Wildman–Crippen MR) is 85.2 cm³/mol. The normalized spacial score (nSPS) is 11.5. The number of hydrogen-bond acceptors (Lipinski definition) is 4. The number of fused-ring (bicyclic) bond motifs is 2. The number of hydrogen-bond donors (Lipinski definition) is 1. The lowest BCUT2D eigenvalue weighted by Crippen LogP contribution is -2.25. The summed E-state index contributed by atoms with van der Waals surface area (Å²) in [5.41, 5.74) is -0.334. The van der Waals surface area contributed by atoms with Crippen LogP contribution in [0.25, 0.3) is 21.9 Å². The highest BCUT2D eigenvalue weighted by molar-refractivity contribution is 5.93. The standard InChI is InChI=1S/C18H14O4/c1-4-18(2,3)22-11-8-9-12-15(10-11)21-14-7-5-6-13(19)16(14)17(12)20/h1,5-10,19H,2-3H3. The maximum Gasteiger partial charge on any atom is 0.204 e. The quantitative estimate of drug-likeness (QED) is 0.581. The molecule has 0 aliphatic rings. The van der Waals surface area contributed by atoms with E-state index in [2.05, 4.69) is 5.92 Å². The van der Waals surface area contributed by atoms with E-state index in [1.807, 2.05) is 0 Å². The predicted octanol–water partition coefficient (Wildman–Crippen LogP) is 3.44. The number of ether oxygens (including phenoxy) is 1. The minimum Gasteiger partial charge on any atom is -0.507 e. The molecule has 1 aromatic heterocycles. The molecule has 4 nitrogen and oxygen atoms in total. The van der Waals surface area contributed by atoms with Gasteiger partial charge in [0.05, 0.1) is 5.39 Å². The van der Waals surface area contributed by atoms with E-state index in [9.17, 15) is 9.90 Å². The lowest BCUT2D eigenvalue weighted by molar-refractivity contribution is 0.172. The van der Waals surface area contributed by atoms with E-state index in [4.69, 9.17) is 15.6 Å². The first-order chi connectivity index (χ1) is 10.4. The summed E-state index contributed by atoms with van der Waals surface area (Å²) in [7, 11) is 0. The second kappa shape index (κ2) is 4.81. The van der Waals surface area contributed by atoms with Crippen molar-refractivity contribution in [3.63, 3.8) is 0 Å². The fraction of sp³-hybridized carbons (Fsp3) is 0.167. The van der Waals surface area contributed by atoms with Gasteiger partial charge in [0.1, 0.15) is 28.1 Å². The van der Waals surface area contributed by atoms with E-state index in [0.29, 0.717) is 22.3 Å². The molecule has 0 saturated carbocycles. The van der Waals surface area contributed by atoms with Crippen LogP contribution in [0.15, 0.2) is 45.6 Å². The van der Waals surface area contributed by atoms with Gasteiger partial charge in [-0.05, 0) is 38.1 Å². The number of phenolic OH excluding ortho intramolecular Hbond substituents is 1. The lowest BCUT2D eigenvalue weighted by Gasteiger charge is -2.20. The van der Waals surface area contributed by atoms with E-state index in [-0.39, 0.29) is 16.6 Å². The third kappa shape index (κ3) is 2.27. The van der Waals surface area contributed by atoms with Crippen LogP contribution in [0.4, 0.5) is 0 Å². The first kappa shape index (κ1) is 14.0. The Bertz CT molecular complexity index is 974. The van der Waals surface area contributed by atoms with E-state index < -0.39 is 5.60 Å². The Morgan fingerprint density at radius 1 is 1.23 bits per heavy atom. The molecule has 0 atom stereocenters. The first-order valence-corrected chi connectivity index (χ1v) is 6.76. The van der Waals surface area contributed by atoms with Crippen molar-refractivity contribution < 1.29 is 14.3 Å². The van der Waals surface area contributed by atoms with Crippen LogP contribution in [-0.4, -0.2) is 10.7 Å². The van der Waals surface area contributed by atoms with Gasteiger partial charge in [-0.2, -0.15) is 0 Å². The number of benzene rings is 2. The third-order valence-electron chi connectivity index (χ3n) is 3.37. The zero-order valence-corrected chi connectivity index (χ0v) is 12.2. The summed E-state index contributed by atoms with van der Waals surface area (Å²) in [5, 5.41) is 10.4. The fourth-order valence-electron chi connectivity index (χ4n) is 2.25. The maximum atomic E-state index is 12.5. The van der Waals surface area contributed by atoms with Gasteiger partial charge in [-0.3, -0.25) is 4.79 Å². The van der Waals surface area contributed by atoms with E-state index >= 15 is 0 Å². The highest BCUT2D eigenvalue weighted by atomic mass is 16.5. The molecule has 1 heterocycles. The van der Waals surface area contributed by atoms with Gasteiger partial charge in [-0.15, -0.1) is 6.42 Å². The van der Waals surface area contributed by atoms with Gasteiger partial charge < -0.3 is 14.3 Å². The SMILES string of the molecule is C#CC(C)(C)Oc1ccc2c(=O)c3c(O)cccc3oc2c1. The molecule has 110 valence electrons. The number of phenols is 1. The van der Waals surface area contributed by atoms with E-state index in [1.54, 1.807) is 44.2 Å². The van der Waals surface area contributed by atoms with Crippen LogP contribution in [-0.2, 0) is 0 Å². The molecule has 0 aliphatic heterocycles. The van der Waals surface area contributed by atoms with Crippen molar-refractivity contribution in [3.05, 3.63) is 46.6 Å². The highest BCUT2D eigenvalue weighted by Gasteiger charge is 2.17. The number of aromatic hydroxyl groups is 1. The van der Waals surface area contributed by atoms with Crippen molar-refractivity contribution in [2.75, 3.05) is 0 Å². The van der Waals surface area contributed by atoms with Crippen LogP contribution in [0.2, 0.25) is 0 Å². The van der Waals surface area contributed by atoms with Crippen LogP contribution in [0.3, 0.4) is 0 Å². The van der Waals surface area contributed by atoms with Crippen LogP contribution < -0.4 is 10.2 Å². The molecule has 4 heteroatoms. The zero-order chi connectivity index (χ0) is 15.9. The summed E-state index contributed by atoms with van der Waals surface area (Å²) < 4.78 is 11.4. The molecule has 0 saturated heterocycles. The monoisotopic (exact) mass is 294 g/mol. The summed E-state index contributed by atoms with van der Waals surface area (Å²) in [6.07, 6.45) is 5.41. The maximum absolute atomic E-state index is 12.5. The molecule has 0 spiro atoms. The Labute approximate surface area is 126 Å². The molecular weight excluding hydrogens is 280 g/mol. The topological polar surface area (TPSA) is 59.7 Å². The fourth-order valence-corrected chi connectivity index (χ4v) is 2.25. The Hall–Kier alpha value is -2.93. The third-order valence-corrected chi connectivity index (χ3v) is 3.37. The summed E-state index contributed by atoms with van der Waals surface area (Å²) in [5.74, 6) is 2.96. The lowest BCUT2D eigenvalue weighted by atomic mass is 10.1. The molecule has 0 radical (unpaired) electrons. The summed E-state index contributed by atoms with van der Waals surface area (Å²) in [6.45, 7) is 3.54. The largest absolute Gasteiger partial charge is 0.507 e. The molecule has 22 heavy (non-hydrogen) atoms. The zero-order valence-electron chi connectivity index (χ0n) is 12.2. The second-order valence-electron chi connectivity index (χ2n) is 5.50. The van der Waals surface area contributed by atoms with Gasteiger partial charge in [0.2, 0.25) is 5.43 Å². The van der Waals surface area contributed by atoms with Gasteiger partial charge in [0, 0.05) is 6.07 Å².